The molecule has 13 heavy (non-hydrogen) atoms. The van der Waals surface area contributed by atoms with Crippen LogP contribution in [0, 0.1) is 6.92 Å². The minimum absolute atomic E-state index is 0.123. The second kappa shape index (κ2) is 3.46. The van der Waals surface area contributed by atoms with Crippen molar-refractivity contribution in [1.29, 1.82) is 0 Å². The molecule has 2 heteroatoms. The molecule has 0 aliphatic heterocycles. The van der Waals surface area contributed by atoms with Crippen LogP contribution in [0.2, 0.25) is 0 Å². The van der Waals surface area contributed by atoms with Crippen LogP contribution in [-0.2, 0) is 12.0 Å². The zero-order valence-corrected chi connectivity index (χ0v) is 8.89. The number of aromatic nitrogens is 1. The third-order valence-electron chi connectivity index (χ3n) is 2.18. The first kappa shape index (κ1) is 10.2. The maximum Gasteiger partial charge on any atom is 0.0460 e. The Morgan fingerprint density at radius 1 is 1.31 bits per heavy atom. The summed E-state index contributed by atoms with van der Waals surface area (Å²) in [5, 5.41) is 0. The molecule has 1 aromatic heterocycles. The molecule has 72 valence electrons. The minimum Gasteiger partial charge on any atom is -0.326 e. The largest absolute Gasteiger partial charge is 0.326 e. The van der Waals surface area contributed by atoms with Crippen molar-refractivity contribution in [1.82, 2.24) is 4.98 Å². The van der Waals surface area contributed by atoms with E-state index >= 15 is 0 Å². The van der Waals surface area contributed by atoms with E-state index in [0.717, 1.165) is 17.0 Å². The van der Waals surface area contributed by atoms with E-state index < -0.39 is 0 Å². The minimum atomic E-state index is 0.123. The van der Waals surface area contributed by atoms with Gasteiger partial charge in [0.1, 0.15) is 0 Å². The number of hydrogen-bond acceptors (Lipinski definition) is 2. The summed E-state index contributed by atoms with van der Waals surface area (Å²) in [6.45, 7) is 9.07. The van der Waals surface area contributed by atoms with Gasteiger partial charge in [0.2, 0.25) is 0 Å². The molecule has 0 saturated carbocycles. The second-order valence-corrected chi connectivity index (χ2v) is 4.40. The standard InChI is InChI=1S/C11H18N2/c1-8-9(7-12)5-6-10(13-8)11(2,3)4/h5-6H,7,12H2,1-4H3. The highest BCUT2D eigenvalue weighted by Gasteiger charge is 2.15. The molecule has 0 atom stereocenters. The molecule has 0 bridgehead atoms. The molecule has 1 heterocycles. The highest BCUT2D eigenvalue weighted by Crippen LogP contribution is 2.20. The Balaban J connectivity index is 3.10. The Labute approximate surface area is 80.2 Å². The van der Waals surface area contributed by atoms with Crippen molar-refractivity contribution in [3.05, 3.63) is 29.1 Å². The van der Waals surface area contributed by atoms with E-state index in [4.69, 9.17) is 5.73 Å². The zero-order chi connectivity index (χ0) is 10.1. The van der Waals surface area contributed by atoms with Crippen LogP contribution in [0.3, 0.4) is 0 Å². The smallest absolute Gasteiger partial charge is 0.0460 e. The van der Waals surface area contributed by atoms with Gasteiger partial charge in [-0.25, -0.2) is 0 Å². The first-order valence-corrected chi connectivity index (χ1v) is 4.62. The van der Waals surface area contributed by atoms with Crippen molar-refractivity contribution in [3.8, 4) is 0 Å². The summed E-state index contributed by atoms with van der Waals surface area (Å²) in [4.78, 5) is 4.54. The van der Waals surface area contributed by atoms with Crippen LogP contribution in [0.1, 0.15) is 37.7 Å². The van der Waals surface area contributed by atoms with Gasteiger partial charge in [-0.1, -0.05) is 26.8 Å². The summed E-state index contributed by atoms with van der Waals surface area (Å²) in [5.74, 6) is 0. The first-order chi connectivity index (χ1) is 5.95. The number of rotatable bonds is 1. The van der Waals surface area contributed by atoms with E-state index in [0.29, 0.717) is 6.54 Å². The third kappa shape index (κ3) is 2.28. The third-order valence-corrected chi connectivity index (χ3v) is 2.18. The Morgan fingerprint density at radius 3 is 2.31 bits per heavy atom. The lowest BCUT2D eigenvalue weighted by Crippen LogP contribution is -2.15. The van der Waals surface area contributed by atoms with Gasteiger partial charge in [-0.2, -0.15) is 0 Å². The van der Waals surface area contributed by atoms with Crippen LogP contribution >= 0.6 is 0 Å². The lowest BCUT2D eigenvalue weighted by molar-refractivity contribution is 0.566. The molecule has 0 unspecified atom stereocenters. The van der Waals surface area contributed by atoms with Crippen molar-refractivity contribution < 1.29 is 0 Å². The summed E-state index contributed by atoms with van der Waals surface area (Å²) in [5.41, 5.74) is 9.00. The maximum atomic E-state index is 5.57. The van der Waals surface area contributed by atoms with Crippen molar-refractivity contribution in [2.75, 3.05) is 0 Å². The van der Waals surface area contributed by atoms with Crippen LogP contribution in [0.4, 0.5) is 0 Å². The molecule has 0 aliphatic carbocycles. The molecule has 0 radical (unpaired) electrons. The fourth-order valence-corrected chi connectivity index (χ4v) is 1.22. The highest BCUT2D eigenvalue weighted by atomic mass is 14.7. The van der Waals surface area contributed by atoms with Crippen LogP contribution in [0.5, 0.6) is 0 Å². The Kier molecular flexibility index (Phi) is 2.71. The summed E-state index contributed by atoms with van der Waals surface area (Å²) < 4.78 is 0. The predicted octanol–water partition coefficient (Wildman–Crippen LogP) is 2.15. The number of aryl methyl sites for hydroxylation is 1. The van der Waals surface area contributed by atoms with Crippen LogP contribution in [-0.4, -0.2) is 4.98 Å². The Bertz CT molecular complexity index is 297. The van der Waals surface area contributed by atoms with Crippen LogP contribution in [0.15, 0.2) is 12.1 Å². The quantitative estimate of drug-likeness (QED) is 0.715. The summed E-state index contributed by atoms with van der Waals surface area (Å²) in [6, 6.07) is 4.14. The summed E-state index contributed by atoms with van der Waals surface area (Å²) in [6.07, 6.45) is 0. The van der Waals surface area contributed by atoms with Gasteiger partial charge in [-0.15, -0.1) is 0 Å². The van der Waals surface area contributed by atoms with Crippen molar-refractivity contribution in [2.45, 2.75) is 39.7 Å². The van der Waals surface area contributed by atoms with Gasteiger partial charge in [-0.05, 0) is 18.6 Å². The molecule has 0 spiro atoms. The average molecular weight is 178 g/mol. The molecule has 0 fully saturated rings. The Morgan fingerprint density at radius 2 is 1.92 bits per heavy atom. The van der Waals surface area contributed by atoms with E-state index in [-0.39, 0.29) is 5.41 Å². The number of hydrogen-bond donors (Lipinski definition) is 1. The van der Waals surface area contributed by atoms with Gasteiger partial charge in [0, 0.05) is 23.3 Å². The fourth-order valence-electron chi connectivity index (χ4n) is 1.22. The van der Waals surface area contributed by atoms with E-state index in [2.05, 4.69) is 37.9 Å². The van der Waals surface area contributed by atoms with Gasteiger partial charge in [0.15, 0.2) is 0 Å². The molecule has 2 nitrogen and oxygen atoms in total. The zero-order valence-electron chi connectivity index (χ0n) is 8.89. The van der Waals surface area contributed by atoms with Crippen LogP contribution in [0.25, 0.3) is 0 Å². The van der Waals surface area contributed by atoms with Gasteiger partial charge >= 0.3 is 0 Å². The second-order valence-electron chi connectivity index (χ2n) is 4.40. The maximum absolute atomic E-state index is 5.57. The van der Waals surface area contributed by atoms with E-state index in [1.54, 1.807) is 0 Å². The van der Waals surface area contributed by atoms with Gasteiger partial charge in [0.25, 0.3) is 0 Å². The fraction of sp³-hybridized carbons (Fsp3) is 0.545. The molecule has 0 amide bonds. The van der Waals surface area contributed by atoms with E-state index in [9.17, 15) is 0 Å². The number of pyridine rings is 1. The predicted molar refractivity (Wildman–Crippen MR) is 55.6 cm³/mol. The van der Waals surface area contributed by atoms with Gasteiger partial charge in [0.05, 0.1) is 0 Å². The lowest BCUT2D eigenvalue weighted by Gasteiger charge is -2.18. The SMILES string of the molecule is Cc1nc(C(C)(C)C)ccc1CN. The summed E-state index contributed by atoms with van der Waals surface area (Å²) >= 11 is 0. The topological polar surface area (TPSA) is 38.9 Å². The molecule has 0 aliphatic rings. The molecular formula is C11H18N2. The van der Waals surface area contributed by atoms with Gasteiger partial charge in [-0.3, -0.25) is 4.98 Å². The molecule has 0 aromatic carbocycles. The highest BCUT2D eigenvalue weighted by molar-refractivity contribution is 5.24. The van der Waals surface area contributed by atoms with Gasteiger partial charge < -0.3 is 5.73 Å². The summed E-state index contributed by atoms with van der Waals surface area (Å²) in [7, 11) is 0. The van der Waals surface area contributed by atoms with Crippen molar-refractivity contribution in [2.24, 2.45) is 5.73 Å². The average Bonchev–Trinajstić information content (AvgIpc) is 2.02. The molecule has 2 N–H and O–H groups in total. The molecule has 1 aromatic rings. The first-order valence-electron chi connectivity index (χ1n) is 4.62. The normalized spacial score (nSPS) is 11.8. The number of nitrogens with zero attached hydrogens (tertiary/aromatic N) is 1. The molecular weight excluding hydrogens is 160 g/mol. The van der Waals surface area contributed by atoms with E-state index in [1.807, 2.05) is 6.92 Å². The molecule has 1 rings (SSSR count). The molecule has 0 saturated heterocycles. The van der Waals surface area contributed by atoms with Crippen molar-refractivity contribution in [3.63, 3.8) is 0 Å². The van der Waals surface area contributed by atoms with E-state index in [1.165, 1.54) is 0 Å². The Hall–Kier alpha value is -0.890. The van der Waals surface area contributed by atoms with Crippen molar-refractivity contribution >= 4 is 0 Å². The monoisotopic (exact) mass is 178 g/mol. The lowest BCUT2D eigenvalue weighted by atomic mass is 9.91. The van der Waals surface area contributed by atoms with Crippen LogP contribution < -0.4 is 5.73 Å². The number of nitrogens with two attached hydrogens (primary N) is 1.